The number of amides is 1. The summed E-state index contributed by atoms with van der Waals surface area (Å²) in [6.07, 6.45) is 1.73. The van der Waals surface area contributed by atoms with E-state index in [1.165, 1.54) is 17.3 Å². The fourth-order valence-electron chi connectivity index (χ4n) is 4.12. The third kappa shape index (κ3) is 4.81. The smallest absolute Gasteiger partial charge is 0.250 e. The lowest BCUT2D eigenvalue weighted by Gasteiger charge is -2.08. The molecule has 6 nitrogen and oxygen atoms in total. The van der Waals surface area contributed by atoms with Crippen LogP contribution in [0.5, 0.6) is 0 Å². The van der Waals surface area contributed by atoms with Crippen LogP contribution >= 0.6 is 11.8 Å². The largest absolute Gasteiger partial charge is 0.302 e. The topological polar surface area (TPSA) is 72.2 Å². The molecule has 1 heterocycles. The standard InChI is InChI=1S/C28H25N5OS/c1-3-33-27(20-14-12-19(2)13-15-20)31-32-28(33)35-18-26(34)30-29-17-25-23-10-6-4-8-21(23)16-22-9-5-7-11-24(22)25/h4-17H,3,18H2,1-2H3,(H,30,34). The van der Waals surface area contributed by atoms with Crippen molar-refractivity contribution in [3.63, 3.8) is 0 Å². The molecule has 5 rings (SSSR count). The summed E-state index contributed by atoms with van der Waals surface area (Å²) in [6, 6.07) is 26.8. The van der Waals surface area contributed by atoms with Crippen molar-refractivity contribution in [3.05, 3.63) is 90.0 Å². The minimum absolute atomic E-state index is 0.194. The van der Waals surface area contributed by atoms with E-state index in [2.05, 4.69) is 70.1 Å². The maximum Gasteiger partial charge on any atom is 0.250 e. The van der Waals surface area contributed by atoms with Gasteiger partial charge in [0.05, 0.1) is 12.0 Å². The molecular weight excluding hydrogens is 454 g/mol. The lowest BCUT2D eigenvalue weighted by molar-refractivity contribution is -0.118. The van der Waals surface area contributed by atoms with Gasteiger partial charge in [0.2, 0.25) is 0 Å². The van der Waals surface area contributed by atoms with Gasteiger partial charge >= 0.3 is 0 Å². The van der Waals surface area contributed by atoms with Gasteiger partial charge in [0, 0.05) is 17.7 Å². The second-order valence-corrected chi connectivity index (χ2v) is 9.17. The number of hydrazone groups is 1. The molecule has 0 saturated carbocycles. The van der Waals surface area contributed by atoms with E-state index in [-0.39, 0.29) is 11.7 Å². The van der Waals surface area contributed by atoms with Crippen molar-refractivity contribution in [1.82, 2.24) is 20.2 Å². The second-order valence-electron chi connectivity index (χ2n) is 8.23. The first-order valence-corrected chi connectivity index (χ1v) is 12.5. The summed E-state index contributed by atoms with van der Waals surface area (Å²) in [4.78, 5) is 12.5. The maximum absolute atomic E-state index is 12.5. The molecule has 0 atom stereocenters. The molecule has 7 heteroatoms. The summed E-state index contributed by atoms with van der Waals surface area (Å²) in [5.41, 5.74) is 5.85. The van der Waals surface area contributed by atoms with Crippen molar-refractivity contribution in [2.75, 3.05) is 5.75 Å². The number of carbonyl (C=O) groups is 1. The molecule has 1 amide bonds. The SMILES string of the molecule is CCn1c(SCC(=O)NN=Cc2c3ccccc3cc3ccccc23)nnc1-c1ccc(C)cc1. The van der Waals surface area contributed by atoms with Crippen LogP contribution in [0.4, 0.5) is 0 Å². The van der Waals surface area contributed by atoms with Gasteiger partial charge in [0.25, 0.3) is 5.91 Å². The normalized spacial score (nSPS) is 11.5. The molecule has 5 aromatic rings. The highest BCUT2D eigenvalue weighted by molar-refractivity contribution is 7.99. The molecule has 1 N–H and O–H groups in total. The minimum atomic E-state index is -0.196. The molecule has 0 saturated heterocycles. The van der Waals surface area contributed by atoms with Gasteiger partial charge in [-0.05, 0) is 41.5 Å². The van der Waals surface area contributed by atoms with Crippen LogP contribution in [0.15, 0.2) is 89.1 Å². The Morgan fingerprint density at radius 3 is 2.29 bits per heavy atom. The highest BCUT2D eigenvalue weighted by Gasteiger charge is 2.14. The van der Waals surface area contributed by atoms with E-state index in [0.29, 0.717) is 11.7 Å². The van der Waals surface area contributed by atoms with Crippen LogP contribution in [0.3, 0.4) is 0 Å². The van der Waals surface area contributed by atoms with E-state index in [1.54, 1.807) is 6.21 Å². The highest BCUT2D eigenvalue weighted by Crippen LogP contribution is 2.27. The molecule has 174 valence electrons. The fourth-order valence-corrected chi connectivity index (χ4v) is 4.91. The quantitative estimate of drug-likeness (QED) is 0.138. The molecule has 0 radical (unpaired) electrons. The summed E-state index contributed by atoms with van der Waals surface area (Å²) in [5, 5.41) is 18.1. The van der Waals surface area contributed by atoms with E-state index in [4.69, 9.17) is 0 Å². The van der Waals surface area contributed by atoms with Crippen LogP contribution in [0.25, 0.3) is 32.9 Å². The molecule has 0 aliphatic heterocycles. The maximum atomic E-state index is 12.5. The first kappa shape index (κ1) is 22.8. The van der Waals surface area contributed by atoms with Crippen molar-refractivity contribution >= 4 is 45.4 Å². The predicted octanol–water partition coefficient (Wildman–Crippen LogP) is 5.82. The number of fused-ring (bicyclic) bond motifs is 2. The van der Waals surface area contributed by atoms with E-state index in [9.17, 15) is 4.79 Å². The number of nitrogens with one attached hydrogen (secondary N) is 1. The van der Waals surface area contributed by atoms with Gasteiger partial charge in [-0.25, -0.2) is 5.43 Å². The average molecular weight is 480 g/mol. The van der Waals surface area contributed by atoms with Crippen LogP contribution in [0.2, 0.25) is 0 Å². The van der Waals surface area contributed by atoms with Crippen molar-refractivity contribution in [3.8, 4) is 11.4 Å². The number of nitrogens with zero attached hydrogens (tertiary/aromatic N) is 4. The number of carbonyl (C=O) groups excluding carboxylic acids is 1. The highest BCUT2D eigenvalue weighted by atomic mass is 32.2. The Hall–Kier alpha value is -3.97. The Morgan fingerprint density at radius 1 is 0.971 bits per heavy atom. The van der Waals surface area contributed by atoms with Crippen LogP contribution in [-0.4, -0.2) is 32.6 Å². The predicted molar refractivity (Wildman–Crippen MR) is 144 cm³/mol. The Balaban J connectivity index is 1.29. The Kier molecular flexibility index (Phi) is 6.59. The van der Waals surface area contributed by atoms with Gasteiger partial charge in [0.15, 0.2) is 11.0 Å². The van der Waals surface area contributed by atoms with E-state index in [1.807, 2.05) is 47.9 Å². The number of hydrogen-bond donors (Lipinski definition) is 1. The van der Waals surface area contributed by atoms with Gasteiger partial charge in [-0.15, -0.1) is 10.2 Å². The Labute approximate surface area is 208 Å². The molecule has 0 aliphatic rings. The second kappa shape index (κ2) is 10.1. The fraction of sp³-hybridized carbons (Fsp3) is 0.143. The Bertz CT molecular complexity index is 1480. The van der Waals surface area contributed by atoms with E-state index >= 15 is 0 Å². The molecule has 0 aliphatic carbocycles. The van der Waals surface area contributed by atoms with Crippen LogP contribution in [0.1, 0.15) is 18.1 Å². The third-order valence-corrected chi connectivity index (χ3v) is 6.84. The number of aryl methyl sites for hydroxylation is 1. The van der Waals surface area contributed by atoms with E-state index < -0.39 is 0 Å². The number of rotatable bonds is 7. The monoisotopic (exact) mass is 479 g/mol. The zero-order chi connectivity index (χ0) is 24.2. The average Bonchev–Trinajstić information content (AvgIpc) is 3.30. The lowest BCUT2D eigenvalue weighted by atomic mass is 9.97. The summed E-state index contributed by atoms with van der Waals surface area (Å²) >= 11 is 1.35. The van der Waals surface area contributed by atoms with Crippen molar-refractivity contribution < 1.29 is 4.79 Å². The van der Waals surface area contributed by atoms with Gasteiger partial charge in [0.1, 0.15) is 0 Å². The number of hydrogen-bond acceptors (Lipinski definition) is 5. The number of thioether (sulfide) groups is 1. The van der Waals surface area contributed by atoms with Crippen molar-refractivity contribution in [1.29, 1.82) is 0 Å². The lowest BCUT2D eigenvalue weighted by Crippen LogP contribution is -2.20. The summed E-state index contributed by atoms with van der Waals surface area (Å²) in [5.74, 6) is 0.800. The van der Waals surface area contributed by atoms with Crippen molar-refractivity contribution in [2.24, 2.45) is 5.10 Å². The molecule has 0 spiro atoms. The molecular formula is C28H25N5OS. The zero-order valence-corrected chi connectivity index (χ0v) is 20.4. The molecule has 0 fully saturated rings. The number of benzene rings is 4. The van der Waals surface area contributed by atoms with E-state index in [0.717, 1.165) is 38.5 Å². The molecule has 0 unspecified atom stereocenters. The minimum Gasteiger partial charge on any atom is -0.302 e. The van der Waals surface area contributed by atoms with Gasteiger partial charge in [-0.1, -0.05) is 90.1 Å². The van der Waals surface area contributed by atoms with Crippen LogP contribution in [-0.2, 0) is 11.3 Å². The third-order valence-electron chi connectivity index (χ3n) is 5.87. The zero-order valence-electron chi connectivity index (χ0n) is 19.6. The van der Waals surface area contributed by atoms with Gasteiger partial charge in [-0.3, -0.25) is 4.79 Å². The van der Waals surface area contributed by atoms with Crippen molar-refractivity contribution in [2.45, 2.75) is 25.5 Å². The summed E-state index contributed by atoms with van der Waals surface area (Å²) in [6.45, 7) is 4.82. The van der Waals surface area contributed by atoms with Crippen LogP contribution in [0, 0.1) is 6.92 Å². The molecule has 35 heavy (non-hydrogen) atoms. The van der Waals surface area contributed by atoms with Crippen LogP contribution < -0.4 is 5.43 Å². The number of aromatic nitrogens is 3. The summed E-state index contributed by atoms with van der Waals surface area (Å²) < 4.78 is 2.02. The summed E-state index contributed by atoms with van der Waals surface area (Å²) in [7, 11) is 0. The first-order valence-electron chi connectivity index (χ1n) is 11.5. The molecule has 4 aromatic carbocycles. The van der Waals surface area contributed by atoms with Gasteiger partial charge < -0.3 is 4.57 Å². The molecule has 0 bridgehead atoms. The Morgan fingerprint density at radius 2 is 1.63 bits per heavy atom. The van der Waals surface area contributed by atoms with Gasteiger partial charge in [-0.2, -0.15) is 5.10 Å². The molecule has 1 aromatic heterocycles. The first-order chi connectivity index (χ1) is 17.1.